The van der Waals surface area contributed by atoms with Crippen LogP contribution in [0.15, 0.2) is 42.5 Å². The zero-order valence-electron chi connectivity index (χ0n) is 10.1. The van der Waals surface area contributed by atoms with Gasteiger partial charge in [-0.05, 0) is 24.3 Å². The van der Waals surface area contributed by atoms with Crippen LogP contribution in [0.1, 0.15) is 10.4 Å². The lowest BCUT2D eigenvalue weighted by atomic mass is 10.1. The number of hydrogen-bond acceptors (Lipinski definition) is 2. The van der Waals surface area contributed by atoms with Crippen LogP contribution in [-0.2, 0) is 0 Å². The number of carboxylic acid groups (broad SMARTS) is 1. The number of halogens is 2. The van der Waals surface area contributed by atoms with Crippen LogP contribution >= 0.6 is 11.6 Å². The van der Waals surface area contributed by atoms with Gasteiger partial charge in [0.15, 0.2) is 0 Å². The minimum Gasteiger partial charge on any atom is -0.478 e. The molecular weight excluding hydrogens is 269 g/mol. The first-order valence-electron chi connectivity index (χ1n) is 5.52. The minimum atomic E-state index is -1.15. The molecule has 1 N–H and O–H groups in total. The van der Waals surface area contributed by atoms with Gasteiger partial charge in [0.1, 0.15) is 11.4 Å². The third kappa shape index (κ3) is 2.53. The molecule has 19 heavy (non-hydrogen) atoms. The summed E-state index contributed by atoms with van der Waals surface area (Å²) in [5.41, 5.74) is 0.576. The molecule has 0 aliphatic heterocycles. The van der Waals surface area contributed by atoms with Crippen molar-refractivity contribution in [2.75, 3.05) is 11.9 Å². The second kappa shape index (κ2) is 5.28. The van der Waals surface area contributed by atoms with Gasteiger partial charge in [-0.15, -0.1) is 0 Å². The summed E-state index contributed by atoms with van der Waals surface area (Å²) in [6, 6.07) is 10.8. The molecule has 0 bridgehead atoms. The minimum absolute atomic E-state index is 0.0464. The molecule has 2 aromatic rings. The van der Waals surface area contributed by atoms with Crippen molar-refractivity contribution in [1.29, 1.82) is 0 Å². The highest BCUT2D eigenvalue weighted by atomic mass is 35.5. The molecule has 2 rings (SSSR count). The molecule has 0 aliphatic rings. The van der Waals surface area contributed by atoms with Gasteiger partial charge in [0, 0.05) is 7.05 Å². The van der Waals surface area contributed by atoms with E-state index in [4.69, 9.17) is 11.6 Å². The molecule has 0 spiro atoms. The van der Waals surface area contributed by atoms with Gasteiger partial charge in [-0.25, -0.2) is 9.18 Å². The van der Waals surface area contributed by atoms with Crippen molar-refractivity contribution >= 4 is 28.9 Å². The number of carboxylic acids is 1. The van der Waals surface area contributed by atoms with Crippen molar-refractivity contribution in [3.05, 3.63) is 58.9 Å². The van der Waals surface area contributed by atoms with E-state index in [2.05, 4.69) is 0 Å². The number of carbonyl (C=O) groups is 1. The normalized spacial score (nSPS) is 10.3. The van der Waals surface area contributed by atoms with E-state index < -0.39 is 11.8 Å². The van der Waals surface area contributed by atoms with E-state index in [9.17, 15) is 14.3 Å². The Bertz CT molecular complexity index is 631. The monoisotopic (exact) mass is 279 g/mol. The Balaban J connectivity index is 2.57. The number of para-hydroxylation sites is 1. The standard InChI is InChI=1S/C14H11ClFNO2/c1-17(11-7-3-2-6-10(11)16)12-8-4-5-9(15)13(12)14(18)19/h2-8H,1H3,(H,18,19). The lowest BCUT2D eigenvalue weighted by molar-refractivity contribution is 0.0698. The van der Waals surface area contributed by atoms with Crippen LogP contribution < -0.4 is 4.90 Å². The van der Waals surface area contributed by atoms with E-state index in [1.807, 2.05) is 0 Å². The average molecular weight is 280 g/mol. The zero-order valence-corrected chi connectivity index (χ0v) is 10.9. The molecule has 98 valence electrons. The van der Waals surface area contributed by atoms with Crippen molar-refractivity contribution in [2.24, 2.45) is 0 Å². The van der Waals surface area contributed by atoms with E-state index in [-0.39, 0.29) is 16.3 Å². The number of rotatable bonds is 3. The summed E-state index contributed by atoms with van der Waals surface area (Å²) in [5.74, 6) is -1.58. The Morgan fingerprint density at radius 1 is 1.16 bits per heavy atom. The smallest absolute Gasteiger partial charge is 0.339 e. The molecule has 3 nitrogen and oxygen atoms in total. The molecule has 2 aromatic carbocycles. The summed E-state index contributed by atoms with van der Waals surface area (Å²) in [6.45, 7) is 0. The third-order valence-corrected chi connectivity index (χ3v) is 3.10. The van der Waals surface area contributed by atoms with Crippen molar-refractivity contribution in [1.82, 2.24) is 0 Å². The second-order valence-electron chi connectivity index (χ2n) is 3.95. The zero-order chi connectivity index (χ0) is 14.0. The highest BCUT2D eigenvalue weighted by Crippen LogP contribution is 2.32. The fourth-order valence-electron chi connectivity index (χ4n) is 1.86. The number of anilines is 2. The predicted octanol–water partition coefficient (Wildman–Crippen LogP) is 3.95. The summed E-state index contributed by atoms with van der Waals surface area (Å²) >= 11 is 5.89. The van der Waals surface area contributed by atoms with Gasteiger partial charge in [-0.3, -0.25) is 0 Å². The van der Waals surface area contributed by atoms with Crippen LogP contribution in [0.25, 0.3) is 0 Å². The topological polar surface area (TPSA) is 40.5 Å². The average Bonchev–Trinajstić information content (AvgIpc) is 2.37. The molecular formula is C14H11ClFNO2. The highest BCUT2D eigenvalue weighted by Gasteiger charge is 2.19. The summed E-state index contributed by atoms with van der Waals surface area (Å²) in [5, 5.41) is 9.33. The van der Waals surface area contributed by atoms with E-state index >= 15 is 0 Å². The lowest BCUT2D eigenvalue weighted by Gasteiger charge is -2.22. The molecule has 0 saturated carbocycles. The SMILES string of the molecule is CN(c1ccccc1F)c1cccc(Cl)c1C(=O)O. The van der Waals surface area contributed by atoms with Crippen molar-refractivity contribution in [3.63, 3.8) is 0 Å². The van der Waals surface area contributed by atoms with E-state index in [1.165, 1.54) is 17.0 Å². The first-order valence-corrected chi connectivity index (χ1v) is 5.90. The van der Waals surface area contributed by atoms with Crippen molar-refractivity contribution in [2.45, 2.75) is 0 Å². The molecule has 0 aromatic heterocycles. The molecule has 0 saturated heterocycles. The van der Waals surface area contributed by atoms with Crippen LogP contribution in [-0.4, -0.2) is 18.1 Å². The maximum Gasteiger partial charge on any atom is 0.339 e. The highest BCUT2D eigenvalue weighted by molar-refractivity contribution is 6.34. The molecule has 0 fully saturated rings. The predicted molar refractivity (Wildman–Crippen MR) is 72.9 cm³/mol. The van der Waals surface area contributed by atoms with Crippen LogP contribution in [0.2, 0.25) is 5.02 Å². The van der Waals surface area contributed by atoms with E-state index in [0.29, 0.717) is 5.69 Å². The summed E-state index contributed by atoms with van der Waals surface area (Å²) in [6.07, 6.45) is 0. The maximum absolute atomic E-state index is 13.7. The molecule has 0 amide bonds. The van der Waals surface area contributed by atoms with Crippen LogP contribution in [0.4, 0.5) is 15.8 Å². The van der Waals surface area contributed by atoms with Crippen LogP contribution in [0, 0.1) is 5.82 Å². The Morgan fingerprint density at radius 2 is 1.79 bits per heavy atom. The fraction of sp³-hybridized carbons (Fsp3) is 0.0714. The van der Waals surface area contributed by atoms with Gasteiger partial charge in [-0.2, -0.15) is 0 Å². The first kappa shape index (κ1) is 13.4. The molecule has 0 heterocycles. The van der Waals surface area contributed by atoms with Gasteiger partial charge >= 0.3 is 5.97 Å². The summed E-state index contributed by atoms with van der Waals surface area (Å²) in [4.78, 5) is 12.7. The van der Waals surface area contributed by atoms with Crippen molar-refractivity contribution < 1.29 is 14.3 Å². The van der Waals surface area contributed by atoms with Gasteiger partial charge in [0.05, 0.1) is 16.4 Å². The fourth-order valence-corrected chi connectivity index (χ4v) is 2.11. The van der Waals surface area contributed by atoms with Gasteiger partial charge in [0.2, 0.25) is 0 Å². The van der Waals surface area contributed by atoms with Crippen molar-refractivity contribution in [3.8, 4) is 0 Å². The van der Waals surface area contributed by atoms with Crippen LogP contribution in [0.3, 0.4) is 0 Å². The van der Waals surface area contributed by atoms with Crippen LogP contribution in [0.5, 0.6) is 0 Å². The largest absolute Gasteiger partial charge is 0.478 e. The van der Waals surface area contributed by atoms with Gasteiger partial charge < -0.3 is 10.0 Å². The maximum atomic E-state index is 13.7. The Kier molecular flexibility index (Phi) is 3.71. The number of hydrogen-bond donors (Lipinski definition) is 1. The Hall–Kier alpha value is -2.07. The van der Waals surface area contributed by atoms with E-state index in [1.54, 1.807) is 37.4 Å². The number of aromatic carboxylic acids is 1. The van der Waals surface area contributed by atoms with Gasteiger partial charge in [-0.1, -0.05) is 29.8 Å². The number of nitrogens with zero attached hydrogens (tertiary/aromatic N) is 1. The van der Waals surface area contributed by atoms with E-state index in [0.717, 1.165) is 0 Å². The third-order valence-electron chi connectivity index (χ3n) is 2.78. The molecule has 0 aliphatic carbocycles. The Labute approximate surface area is 114 Å². The lowest BCUT2D eigenvalue weighted by Crippen LogP contribution is -2.15. The quantitative estimate of drug-likeness (QED) is 0.925. The molecule has 0 radical (unpaired) electrons. The number of benzene rings is 2. The second-order valence-corrected chi connectivity index (χ2v) is 4.36. The molecule has 5 heteroatoms. The van der Waals surface area contributed by atoms with Gasteiger partial charge in [0.25, 0.3) is 0 Å². The molecule has 0 unspecified atom stereocenters. The summed E-state index contributed by atoms with van der Waals surface area (Å²) < 4.78 is 13.7. The Morgan fingerprint density at radius 3 is 2.42 bits per heavy atom. The summed E-state index contributed by atoms with van der Waals surface area (Å²) in [7, 11) is 1.59. The first-order chi connectivity index (χ1) is 9.02. The molecule has 0 atom stereocenters.